The Hall–Kier alpha value is -6.04. The first-order valence-corrected chi connectivity index (χ1v) is 20.3. The smallest absolute Gasteiger partial charge is 0.326 e. The van der Waals surface area contributed by atoms with E-state index in [-0.39, 0.29) is 50.5 Å². The number of carbonyl (C=O) groups excluding carboxylic acids is 6. The van der Waals surface area contributed by atoms with Crippen molar-refractivity contribution in [1.82, 2.24) is 31.9 Å². The Kier molecular flexibility index (Phi) is 21.8. The number of carboxylic acids is 1. The van der Waals surface area contributed by atoms with E-state index in [2.05, 4.69) is 36.9 Å². The Morgan fingerprint density at radius 3 is 1.42 bits per heavy atom. The lowest BCUT2D eigenvalue weighted by molar-refractivity contribution is -0.142. The van der Waals surface area contributed by atoms with E-state index in [0.717, 1.165) is 0 Å². The van der Waals surface area contributed by atoms with Crippen LogP contribution in [0.3, 0.4) is 0 Å². The van der Waals surface area contributed by atoms with E-state index in [1.165, 1.54) is 6.92 Å². The third kappa shape index (κ3) is 18.3. The van der Waals surface area contributed by atoms with Gasteiger partial charge in [0.1, 0.15) is 36.3 Å². The maximum atomic E-state index is 14.3. The van der Waals surface area contributed by atoms with Crippen molar-refractivity contribution in [2.24, 2.45) is 34.0 Å². The van der Waals surface area contributed by atoms with Gasteiger partial charge in [0.15, 0.2) is 5.96 Å². The van der Waals surface area contributed by atoms with Gasteiger partial charge in [0, 0.05) is 26.3 Å². The quantitative estimate of drug-likeness (QED) is 0.0341. The van der Waals surface area contributed by atoms with Crippen LogP contribution in [0, 0.1) is 11.8 Å². The Bertz CT molecular complexity index is 1740. The van der Waals surface area contributed by atoms with Gasteiger partial charge < -0.3 is 54.2 Å². The molecule has 330 valence electrons. The van der Waals surface area contributed by atoms with Crippen molar-refractivity contribution < 1.29 is 38.7 Å². The van der Waals surface area contributed by atoms with Gasteiger partial charge in [-0.05, 0) is 61.6 Å². The van der Waals surface area contributed by atoms with Gasteiger partial charge in [0.25, 0.3) is 0 Å². The molecule has 0 unspecified atom stereocenters. The maximum absolute atomic E-state index is 14.3. The summed E-state index contributed by atoms with van der Waals surface area (Å²) < 4.78 is 0. The molecule has 60 heavy (non-hydrogen) atoms. The number of rotatable bonds is 26. The number of nitrogens with one attached hydrogen (secondary N) is 6. The highest BCUT2D eigenvalue weighted by Gasteiger charge is 2.34. The number of benzene rings is 2. The molecular weight excluding hydrogens is 773 g/mol. The lowest BCUT2D eigenvalue weighted by Gasteiger charge is -2.29. The summed E-state index contributed by atoms with van der Waals surface area (Å²) in [6.07, 6.45) is 1.38. The first-order valence-electron chi connectivity index (χ1n) is 20.3. The van der Waals surface area contributed by atoms with E-state index in [9.17, 15) is 38.7 Å². The zero-order valence-electron chi connectivity index (χ0n) is 35.2. The number of aliphatic carboxylic acids is 1. The largest absolute Gasteiger partial charge is 0.480 e. The number of nitrogens with zero attached hydrogens (tertiary/aromatic N) is 1. The van der Waals surface area contributed by atoms with Crippen LogP contribution < -0.4 is 49.1 Å². The van der Waals surface area contributed by atoms with Gasteiger partial charge in [0.2, 0.25) is 35.4 Å². The van der Waals surface area contributed by atoms with E-state index in [1.807, 2.05) is 0 Å². The van der Waals surface area contributed by atoms with Crippen LogP contribution >= 0.6 is 0 Å². The molecule has 0 aliphatic carbocycles. The van der Waals surface area contributed by atoms with E-state index < -0.39 is 83.6 Å². The van der Waals surface area contributed by atoms with Gasteiger partial charge in [-0.1, -0.05) is 88.4 Å². The van der Waals surface area contributed by atoms with E-state index in [4.69, 9.17) is 17.2 Å². The summed E-state index contributed by atoms with van der Waals surface area (Å²) in [6, 6.07) is 10.6. The third-order valence-corrected chi connectivity index (χ3v) is 9.53. The highest BCUT2D eigenvalue weighted by molar-refractivity contribution is 5.97. The molecule has 18 heteroatoms. The molecule has 6 amide bonds. The molecule has 18 nitrogen and oxygen atoms in total. The second-order valence-corrected chi connectivity index (χ2v) is 15.3. The zero-order valence-corrected chi connectivity index (χ0v) is 35.2. The molecule has 6 atom stereocenters. The second kappa shape index (κ2) is 26.1. The van der Waals surface area contributed by atoms with Crippen LogP contribution in [0.1, 0.15) is 77.8 Å². The predicted molar refractivity (Wildman–Crippen MR) is 228 cm³/mol. The lowest BCUT2D eigenvalue weighted by Crippen LogP contribution is -2.61. The molecule has 13 N–H and O–H groups in total. The molecule has 2 aromatic carbocycles. The second-order valence-electron chi connectivity index (χ2n) is 15.3. The summed E-state index contributed by atoms with van der Waals surface area (Å²) in [5.74, 6) is -6.06. The first kappa shape index (κ1) is 50.1. The van der Waals surface area contributed by atoms with Crippen LogP contribution in [0.4, 0.5) is 0 Å². The normalized spacial score (nSPS) is 14.0. The standard InChI is InChI=1S/C42H64N10O8/c1-25(2)34(47-27(5)53)40(58)52-35(26(3)4)39(57)48-30(20-14-22-46-42(44)45)36(54)50-33(24-29-17-10-7-11-18-29)38(56)51-32(23-28-15-8-6-9-16-28)37(55)49-31(41(59)60)19-12-13-21-43/h6-11,15-18,25-26,30-35H,12-14,19-24,43H2,1-5H3,(H,47,53)(H,48,57)(H,49,55)(H,50,54)(H,51,56)(H,52,58)(H,59,60)(H4,44,45,46)/t30-,31-,32-,33-,34-,35-/m0/s1. The molecule has 0 saturated carbocycles. The van der Waals surface area contributed by atoms with Crippen LogP contribution in [0.2, 0.25) is 0 Å². The van der Waals surface area contributed by atoms with Crippen LogP contribution in [0.15, 0.2) is 65.7 Å². The summed E-state index contributed by atoms with van der Waals surface area (Å²) in [7, 11) is 0. The average Bonchev–Trinajstić information content (AvgIpc) is 3.19. The van der Waals surface area contributed by atoms with Crippen molar-refractivity contribution in [1.29, 1.82) is 0 Å². The molecule has 2 aromatic rings. The van der Waals surface area contributed by atoms with Crippen molar-refractivity contribution in [2.45, 2.75) is 116 Å². The number of carboxylic acid groups (broad SMARTS) is 1. The Morgan fingerprint density at radius 1 is 0.567 bits per heavy atom. The van der Waals surface area contributed by atoms with Crippen LogP contribution in [-0.4, -0.2) is 102 Å². The van der Waals surface area contributed by atoms with E-state index in [1.54, 1.807) is 88.4 Å². The van der Waals surface area contributed by atoms with Gasteiger partial charge in [-0.2, -0.15) is 0 Å². The number of unbranched alkanes of at least 4 members (excludes halogenated alkanes) is 1. The van der Waals surface area contributed by atoms with Crippen molar-refractivity contribution in [3.8, 4) is 0 Å². The number of hydrogen-bond acceptors (Lipinski definition) is 9. The van der Waals surface area contributed by atoms with Crippen LogP contribution in [0.25, 0.3) is 0 Å². The van der Waals surface area contributed by atoms with Crippen molar-refractivity contribution in [2.75, 3.05) is 13.1 Å². The number of hydrogen-bond donors (Lipinski definition) is 10. The summed E-state index contributed by atoms with van der Waals surface area (Å²) in [6.45, 7) is 8.67. The molecule has 0 saturated heterocycles. The van der Waals surface area contributed by atoms with Gasteiger partial charge >= 0.3 is 5.97 Å². The third-order valence-electron chi connectivity index (χ3n) is 9.53. The maximum Gasteiger partial charge on any atom is 0.326 e. The summed E-state index contributed by atoms with van der Waals surface area (Å²) in [5, 5.41) is 26.0. The van der Waals surface area contributed by atoms with Crippen LogP contribution in [-0.2, 0) is 46.4 Å². The minimum atomic E-state index is -1.28. The van der Waals surface area contributed by atoms with E-state index in [0.29, 0.717) is 30.5 Å². The number of nitrogens with two attached hydrogens (primary N) is 3. The number of guanidine groups is 1. The molecule has 0 aliphatic heterocycles. The minimum Gasteiger partial charge on any atom is -0.480 e. The van der Waals surface area contributed by atoms with Crippen molar-refractivity contribution >= 4 is 47.4 Å². The molecule has 0 fully saturated rings. The molecule has 0 spiro atoms. The summed E-state index contributed by atoms with van der Waals surface area (Å²) in [4.78, 5) is 97.3. The minimum absolute atomic E-state index is 0.00490. The van der Waals surface area contributed by atoms with Crippen LogP contribution in [0.5, 0.6) is 0 Å². The number of carbonyl (C=O) groups is 7. The molecule has 0 bridgehead atoms. The number of amides is 6. The Labute approximate surface area is 352 Å². The molecule has 0 radical (unpaired) electrons. The van der Waals surface area contributed by atoms with E-state index >= 15 is 0 Å². The fourth-order valence-corrected chi connectivity index (χ4v) is 6.25. The summed E-state index contributed by atoms with van der Waals surface area (Å²) in [5.41, 5.74) is 17.9. The van der Waals surface area contributed by atoms with Gasteiger partial charge in [-0.15, -0.1) is 0 Å². The van der Waals surface area contributed by atoms with Gasteiger partial charge in [-0.25, -0.2) is 4.79 Å². The first-order chi connectivity index (χ1) is 28.4. The fourth-order valence-electron chi connectivity index (χ4n) is 6.25. The highest BCUT2D eigenvalue weighted by atomic mass is 16.4. The topological polar surface area (TPSA) is 302 Å². The number of aliphatic imine (C=N–C) groups is 1. The molecule has 0 aliphatic rings. The van der Waals surface area contributed by atoms with Crippen molar-refractivity contribution in [3.05, 3.63) is 71.8 Å². The Morgan fingerprint density at radius 2 is 0.983 bits per heavy atom. The van der Waals surface area contributed by atoms with Gasteiger partial charge in [0.05, 0.1) is 0 Å². The monoisotopic (exact) mass is 836 g/mol. The molecule has 2 rings (SSSR count). The highest BCUT2D eigenvalue weighted by Crippen LogP contribution is 2.12. The SMILES string of the molecule is CC(=O)N[C@H](C(=O)N[C@H](C(=O)N[C@@H](CCCN=C(N)N)C(=O)N[C@@H](Cc1ccccc1)C(=O)N[C@@H](Cc1ccccc1)C(=O)N[C@@H](CCCCN)C(=O)O)C(C)C)C(C)C. The zero-order chi connectivity index (χ0) is 44.8. The molecule has 0 aromatic heterocycles. The van der Waals surface area contributed by atoms with Gasteiger partial charge in [-0.3, -0.25) is 33.8 Å². The predicted octanol–water partition coefficient (Wildman–Crippen LogP) is -0.0203. The lowest BCUT2D eigenvalue weighted by atomic mass is 9.98. The Balaban J connectivity index is 2.47. The summed E-state index contributed by atoms with van der Waals surface area (Å²) >= 11 is 0. The van der Waals surface area contributed by atoms with Crippen molar-refractivity contribution in [3.63, 3.8) is 0 Å². The average molecular weight is 837 g/mol. The molecule has 0 heterocycles. The molecular formula is C42H64N10O8. The fraction of sp³-hybridized carbons (Fsp3) is 0.524.